The smallest absolute Gasteiger partial charge is 0.272 e. The van der Waals surface area contributed by atoms with E-state index in [1.807, 2.05) is 0 Å². The molecule has 7 nitrogen and oxygen atoms in total. The predicted molar refractivity (Wildman–Crippen MR) is 85.1 cm³/mol. The zero-order valence-corrected chi connectivity index (χ0v) is 12.4. The van der Waals surface area contributed by atoms with Gasteiger partial charge in [0.05, 0.1) is 15.6 Å². The fourth-order valence-electron chi connectivity index (χ4n) is 2.69. The first kappa shape index (κ1) is 14.8. The van der Waals surface area contributed by atoms with Crippen molar-refractivity contribution >= 4 is 17.1 Å². The maximum Gasteiger partial charge on any atom is 0.272 e. The largest absolute Gasteiger partial charge is 0.284 e. The molecule has 0 radical (unpaired) electrons. The Hall–Kier alpha value is -3.09. The van der Waals surface area contributed by atoms with Gasteiger partial charge in [-0.3, -0.25) is 25.2 Å². The first-order valence-electron chi connectivity index (χ1n) is 7.05. The molecule has 1 aliphatic rings. The maximum atomic E-state index is 11.1. The molecule has 1 aliphatic heterocycles. The van der Waals surface area contributed by atoms with E-state index >= 15 is 0 Å². The van der Waals surface area contributed by atoms with E-state index in [0.29, 0.717) is 35.4 Å². The Bertz CT molecular complexity index is 858. The summed E-state index contributed by atoms with van der Waals surface area (Å²) in [6.07, 6.45) is 0.699. The van der Waals surface area contributed by atoms with Crippen molar-refractivity contribution in [3.05, 3.63) is 78.9 Å². The van der Waals surface area contributed by atoms with Crippen molar-refractivity contribution in [2.24, 2.45) is 4.99 Å². The van der Waals surface area contributed by atoms with Gasteiger partial charge in [0.15, 0.2) is 0 Å². The molecule has 0 saturated heterocycles. The Morgan fingerprint density at radius 1 is 1.04 bits per heavy atom. The second-order valence-electron chi connectivity index (χ2n) is 5.34. The van der Waals surface area contributed by atoms with E-state index in [-0.39, 0.29) is 11.4 Å². The van der Waals surface area contributed by atoms with Crippen LogP contribution in [0.2, 0.25) is 0 Å². The second-order valence-corrected chi connectivity index (χ2v) is 5.34. The number of aliphatic imine (C=N–C) groups is 1. The van der Waals surface area contributed by atoms with Gasteiger partial charge in [0.1, 0.15) is 0 Å². The molecule has 0 N–H and O–H groups in total. The Kier molecular flexibility index (Phi) is 3.61. The number of aryl methyl sites for hydroxylation is 1. The number of nitrogens with zero attached hydrogens (tertiary/aromatic N) is 3. The summed E-state index contributed by atoms with van der Waals surface area (Å²) >= 11 is 0. The SMILES string of the molecule is Cc1ccc(C2=NCCc3ccc([N+](=O)[O-])cc32)cc1[N+](=O)[O-]. The highest BCUT2D eigenvalue weighted by molar-refractivity contribution is 6.14. The first-order valence-corrected chi connectivity index (χ1v) is 7.05. The van der Waals surface area contributed by atoms with Crippen LogP contribution in [0.4, 0.5) is 11.4 Å². The van der Waals surface area contributed by atoms with E-state index in [0.717, 1.165) is 5.56 Å². The first-order chi connectivity index (χ1) is 11.0. The van der Waals surface area contributed by atoms with Crippen molar-refractivity contribution in [3.63, 3.8) is 0 Å². The maximum absolute atomic E-state index is 11.1. The van der Waals surface area contributed by atoms with Gasteiger partial charge in [-0.15, -0.1) is 0 Å². The molecule has 0 fully saturated rings. The van der Waals surface area contributed by atoms with Crippen LogP contribution in [0.1, 0.15) is 22.3 Å². The van der Waals surface area contributed by atoms with E-state index in [1.54, 1.807) is 25.1 Å². The van der Waals surface area contributed by atoms with Gasteiger partial charge in [0.25, 0.3) is 11.4 Å². The lowest BCUT2D eigenvalue weighted by atomic mass is 9.92. The minimum Gasteiger partial charge on any atom is -0.284 e. The van der Waals surface area contributed by atoms with Crippen LogP contribution in [-0.2, 0) is 6.42 Å². The van der Waals surface area contributed by atoms with Gasteiger partial charge in [-0.2, -0.15) is 0 Å². The second kappa shape index (κ2) is 5.60. The number of nitro groups is 2. The molecule has 23 heavy (non-hydrogen) atoms. The average molecular weight is 311 g/mol. The zero-order valence-electron chi connectivity index (χ0n) is 12.4. The number of hydrogen-bond acceptors (Lipinski definition) is 5. The minimum atomic E-state index is -0.454. The highest BCUT2D eigenvalue weighted by Gasteiger charge is 2.21. The summed E-state index contributed by atoms with van der Waals surface area (Å²) in [7, 11) is 0. The zero-order chi connectivity index (χ0) is 16.6. The van der Waals surface area contributed by atoms with Crippen molar-refractivity contribution in [1.82, 2.24) is 0 Å². The van der Waals surface area contributed by atoms with E-state index in [4.69, 9.17) is 0 Å². The van der Waals surface area contributed by atoms with Crippen molar-refractivity contribution in [1.29, 1.82) is 0 Å². The third kappa shape index (κ3) is 2.68. The van der Waals surface area contributed by atoms with Crippen LogP contribution < -0.4 is 0 Å². The molecule has 7 heteroatoms. The lowest BCUT2D eigenvalue weighted by Crippen LogP contribution is -2.15. The van der Waals surface area contributed by atoms with Gasteiger partial charge in [-0.25, -0.2) is 0 Å². The van der Waals surface area contributed by atoms with Crippen LogP contribution in [0.15, 0.2) is 41.4 Å². The lowest BCUT2D eigenvalue weighted by molar-refractivity contribution is -0.385. The van der Waals surface area contributed by atoms with E-state index in [9.17, 15) is 20.2 Å². The van der Waals surface area contributed by atoms with Gasteiger partial charge in [0.2, 0.25) is 0 Å². The predicted octanol–water partition coefficient (Wildman–Crippen LogP) is 3.20. The molecular weight excluding hydrogens is 298 g/mol. The molecule has 116 valence electrons. The number of benzene rings is 2. The van der Waals surface area contributed by atoms with Crippen molar-refractivity contribution in [2.75, 3.05) is 6.54 Å². The van der Waals surface area contributed by atoms with Gasteiger partial charge >= 0.3 is 0 Å². The molecule has 1 heterocycles. The van der Waals surface area contributed by atoms with Crippen LogP contribution in [0, 0.1) is 27.2 Å². The van der Waals surface area contributed by atoms with Crippen LogP contribution >= 0.6 is 0 Å². The fraction of sp³-hybridized carbons (Fsp3) is 0.188. The van der Waals surface area contributed by atoms with Gasteiger partial charge in [-0.1, -0.05) is 18.2 Å². The normalized spacial score (nSPS) is 13.2. The van der Waals surface area contributed by atoms with Crippen LogP contribution in [-0.4, -0.2) is 22.1 Å². The number of fused-ring (bicyclic) bond motifs is 1. The van der Waals surface area contributed by atoms with Gasteiger partial charge in [0, 0.05) is 41.4 Å². The average Bonchev–Trinajstić information content (AvgIpc) is 2.54. The molecule has 0 unspecified atom stereocenters. The molecule has 2 aromatic carbocycles. The molecule has 0 spiro atoms. The Morgan fingerprint density at radius 3 is 2.52 bits per heavy atom. The fourth-order valence-corrected chi connectivity index (χ4v) is 2.69. The molecule has 0 aliphatic carbocycles. The number of non-ortho nitro benzene ring substituents is 1. The number of nitro benzene ring substituents is 2. The monoisotopic (exact) mass is 311 g/mol. The molecule has 3 rings (SSSR count). The summed E-state index contributed by atoms with van der Waals surface area (Å²) in [6.45, 7) is 2.23. The molecule has 0 aromatic heterocycles. The van der Waals surface area contributed by atoms with Gasteiger partial charge < -0.3 is 0 Å². The minimum absolute atomic E-state index is 0.0139. The number of hydrogen-bond donors (Lipinski definition) is 0. The summed E-state index contributed by atoms with van der Waals surface area (Å²) < 4.78 is 0. The Balaban J connectivity index is 2.14. The Morgan fingerprint density at radius 2 is 1.83 bits per heavy atom. The lowest BCUT2D eigenvalue weighted by Gasteiger charge is -2.17. The Labute approximate surface area is 131 Å². The highest BCUT2D eigenvalue weighted by atomic mass is 16.6. The van der Waals surface area contributed by atoms with Crippen molar-refractivity contribution < 1.29 is 9.85 Å². The van der Waals surface area contributed by atoms with E-state index in [1.165, 1.54) is 18.2 Å². The van der Waals surface area contributed by atoms with Crippen molar-refractivity contribution in [2.45, 2.75) is 13.3 Å². The molecular formula is C16H13N3O4. The van der Waals surface area contributed by atoms with Crippen LogP contribution in [0.3, 0.4) is 0 Å². The summed E-state index contributed by atoms with van der Waals surface area (Å²) in [5.74, 6) is 0. The molecule has 0 amide bonds. The van der Waals surface area contributed by atoms with Crippen LogP contribution in [0.25, 0.3) is 0 Å². The number of rotatable bonds is 3. The summed E-state index contributed by atoms with van der Waals surface area (Å²) in [6, 6.07) is 9.59. The van der Waals surface area contributed by atoms with Crippen LogP contribution in [0.5, 0.6) is 0 Å². The molecule has 0 saturated carbocycles. The van der Waals surface area contributed by atoms with Crippen molar-refractivity contribution in [3.8, 4) is 0 Å². The third-order valence-corrected chi connectivity index (χ3v) is 3.89. The van der Waals surface area contributed by atoms with E-state index < -0.39 is 9.85 Å². The highest BCUT2D eigenvalue weighted by Crippen LogP contribution is 2.27. The summed E-state index contributed by atoms with van der Waals surface area (Å²) in [5.41, 5.74) is 3.37. The van der Waals surface area contributed by atoms with Gasteiger partial charge in [-0.05, 0) is 18.9 Å². The quantitative estimate of drug-likeness (QED) is 0.642. The summed E-state index contributed by atoms with van der Waals surface area (Å²) in [5, 5.41) is 22.1. The summed E-state index contributed by atoms with van der Waals surface area (Å²) in [4.78, 5) is 25.7. The molecule has 2 aromatic rings. The molecule has 0 atom stereocenters. The third-order valence-electron chi connectivity index (χ3n) is 3.89. The topological polar surface area (TPSA) is 98.6 Å². The standard InChI is InChI=1S/C16H13N3O4/c1-10-2-3-12(8-15(10)19(22)23)16-14-9-13(18(20)21)5-4-11(14)6-7-17-16/h2-5,8-9H,6-7H2,1H3. The molecule has 0 bridgehead atoms. The van der Waals surface area contributed by atoms with E-state index in [2.05, 4.69) is 4.99 Å².